The average molecular weight is 1290 g/mol. The number of allylic oxidation sites excluding steroid dienone is 19. The molecule has 0 aromatic rings. The van der Waals surface area contributed by atoms with Crippen LogP contribution in [0, 0.1) is 0 Å². The number of hydrogen-bond acceptors (Lipinski definition) is 13. The van der Waals surface area contributed by atoms with Crippen LogP contribution in [0.15, 0.2) is 122 Å². The van der Waals surface area contributed by atoms with Gasteiger partial charge in [0, 0.05) is 6.42 Å². The molecule has 1 amide bonds. The lowest BCUT2D eigenvalue weighted by atomic mass is 9.97. The molecule has 92 heavy (non-hydrogen) atoms. The van der Waals surface area contributed by atoms with Crippen LogP contribution in [0.4, 0.5) is 0 Å². The van der Waals surface area contributed by atoms with E-state index in [2.05, 4.69) is 129 Å². The molecule has 2 heterocycles. The average Bonchev–Trinajstić information content (AvgIpc) is 1.05. The Bertz CT molecular complexity index is 2010. The third kappa shape index (κ3) is 44.2. The number of aliphatic hydroxyl groups excluding tert-OH is 8. The molecule has 0 radical (unpaired) electrons. The third-order valence-corrected chi connectivity index (χ3v) is 17.1. The summed E-state index contributed by atoms with van der Waals surface area (Å²) in [5.74, 6) is -0.255. The number of nitrogens with one attached hydrogen (secondary N) is 1. The monoisotopic (exact) mass is 1290 g/mol. The molecule has 0 aliphatic carbocycles. The molecule has 0 aromatic carbocycles. The largest absolute Gasteiger partial charge is 0.394 e. The van der Waals surface area contributed by atoms with Crippen molar-refractivity contribution in [1.82, 2.24) is 5.32 Å². The van der Waals surface area contributed by atoms with E-state index >= 15 is 0 Å². The van der Waals surface area contributed by atoms with Gasteiger partial charge in [-0.05, 0) is 103 Å². The van der Waals surface area contributed by atoms with Crippen LogP contribution in [-0.4, -0.2) is 140 Å². The van der Waals surface area contributed by atoms with Gasteiger partial charge in [-0.3, -0.25) is 4.79 Å². The van der Waals surface area contributed by atoms with Crippen molar-refractivity contribution in [3.8, 4) is 0 Å². The van der Waals surface area contributed by atoms with Gasteiger partial charge in [0.05, 0.1) is 32.0 Å². The molecule has 2 saturated heterocycles. The van der Waals surface area contributed by atoms with Crippen molar-refractivity contribution in [1.29, 1.82) is 0 Å². The zero-order valence-electron chi connectivity index (χ0n) is 57.5. The highest BCUT2D eigenvalue weighted by molar-refractivity contribution is 5.76. The summed E-state index contributed by atoms with van der Waals surface area (Å²) in [6.45, 7) is 2.67. The molecule has 9 N–H and O–H groups in total. The molecule has 2 aliphatic heterocycles. The van der Waals surface area contributed by atoms with E-state index in [1.165, 1.54) is 148 Å². The molecule has 528 valence electrons. The van der Waals surface area contributed by atoms with Gasteiger partial charge in [-0.1, -0.05) is 283 Å². The highest BCUT2D eigenvalue weighted by Gasteiger charge is 2.51. The fourth-order valence-corrected chi connectivity index (χ4v) is 11.3. The number of rotatable bonds is 59. The van der Waals surface area contributed by atoms with Crippen molar-refractivity contribution >= 4 is 5.91 Å². The van der Waals surface area contributed by atoms with Crippen molar-refractivity contribution < 1.29 is 64.6 Å². The molecule has 2 fully saturated rings. The van der Waals surface area contributed by atoms with Gasteiger partial charge in [-0.25, -0.2) is 0 Å². The minimum Gasteiger partial charge on any atom is -0.394 e. The zero-order chi connectivity index (χ0) is 66.6. The standard InChI is InChI=1S/C78H133NO13/c1-3-5-7-9-11-13-15-17-19-21-23-24-25-26-27-28-29-30-31-32-33-34-35-36-37-38-39-40-41-42-44-46-48-50-52-54-56-58-60-62-70(83)79-66(67(82)61-59-57-55-53-51-49-47-45-43-22-20-18-16-14-12-10-8-6-4-2)65-89-77-75(88)73(86)76(69(64-81)91-77)92-78-74(87)72(85)71(84)68(63-80)90-78/h5,7,11,13,17,19,23-24,26-27,29-30,32-33,43,45,51,53,59,61,66-69,71-78,80-82,84-88H,3-4,6,8-10,12,14-16,18,20-22,25,28,31,34-42,44,46-50,52,54-58,60,62-65H2,1-2H3,(H,79,83)/b7-5-,13-11-,19-17-,24-23-,27-26-,30-29-,33-32-,45-43+,53-51+,61-59+. The highest BCUT2D eigenvalue weighted by atomic mass is 16.7. The van der Waals surface area contributed by atoms with Crippen LogP contribution in [-0.2, 0) is 23.7 Å². The molecule has 12 atom stereocenters. The Hall–Kier alpha value is -3.61. The van der Waals surface area contributed by atoms with Gasteiger partial charge in [0.2, 0.25) is 5.91 Å². The molecular weight excluding hydrogens is 1160 g/mol. The molecule has 0 saturated carbocycles. The quantitative estimate of drug-likeness (QED) is 0.0204. The van der Waals surface area contributed by atoms with Crippen molar-refractivity contribution in [2.75, 3.05) is 19.8 Å². The number of ether oxygens (including phenoxy) is 4. The normalized spacial score (nSPS) is 23.4. The van der Waals surface area contributed by atoms with Gasteiger partial charge < -0.3 is 65.1 Å². The lowest BCUT2D eigenvalue weighted by Gasteiger charge is -2.46. The van der Waals surface area contributed by atoms with Gasteiger partial charge in [-0.15, -0.1) is 0 Å². The summed E-state index contributed by atoms with van der Waals surface area (Å²) in [6.07, 6.45) is 72.6. The maximum Gasteiger partial charge on any atom is 0.220 e. The fraction of sp³-hybridized carbons (Fsp3) is 0.731. The minimum atomic E-state index is -1.80. The van der Waals surface area contributed by atoms with E-state index in [4.69, 9.17) is 18.9 Å². The van der Waals surface area contributed by atoms with E-state index in [1.54, 1.807) is 6.08 Å². The second-order valence-corrected chi connectivity index (χ2v) is 25.3. The molecule has 2 aliphatic rings. The lowest BCUT2D eigenvalue weighted by Crippen LogP contribution is -2.65. The van der Waals surface area contributed by atoms with E-state index in [0.29, 0.717) is 12.8 Å². The fourth-order valence-electron chi connectivity index (χ4n) is 11.3. The number of amides is 1. The van der Waals surface area contributed by atoms with Gasteiger partial charge in [-0.2, -0.15) is 0 Å². The van der Waals surface area contributed by atoms with Crippen molar-refractivity contribution in [3.63, 3.8) is 0 Å². The molecule has 14 heteroatoms. The summed E-state index contributed by atoms with van der Waals surface area (Å²) in [5.41, 5.74) is 0. The van der Waals surface area contributed by atoms with Gasteiger partial charge in [0.1, 0.15) is 48.8 Å². The SMILES string of the molecule is CC/C=C\C/C=C\C/C=C\C/C=C\C/C=C\C/C=C\C/C=C\CCCCCCCCCCCCCCCCCCCC(=O)NC(COC1OC(CO)C(OC2OC(CO)C(O)C(O)C2O)C(O)C1O)C(O)/C=C/CC/C=C/CC/C=C/CCCCCCCCCCC. The van der Waals surface area contributed by atoms with E-state index < -0.39 is 86.8 Å². The van der Waals surface area contributed by atoms with Crippen LogP contribution < -0.4 is 5.32 Å². The van der Waals surface area contributed by atoms with E-state index in [0.717, 1.165) is 89.9 Å². The first-order valence-corrected chi connectivity index (χ1v) is 36.8. The second-order valence-electron chi connectivity index (χ2n) is 25.3. The van der Waals surface area contributed by atoms with Gasteiger partial charge >= 0.3 is 0 Å². The number of carbonyl (C=O) groups excluding carboxylic acids is 1. The Morgan fingerprint density at radius 1 is 0.402 bits per heavy atom. The van der Waals surface area contributed by atoms with Crippen LogP contribution >= 0.6 is 0 Å². The smallest absolute Gasteiger partial charge is 0.220 e. The van der Waals surface area contributed by atoms with Crippen LogP contribution in [0.2, 0.25) is 0 Å². The molecule has 2 rings (SSSR count). The summed E-state index contributed by atoms with van der Waals surface area (Å²) < 4.78 is 22.8. The summed E-state index contributed by atoms with van der Waals surface area (Å²) in [7, 11) is 0. The minimum absolute atomic E-state index is 0.255. The number of aliphatic hydroxyl groups is 8. The number of hydrogen-bond donors (Lipinski definition) is 9. The molecule has 0 bridgehead atoms. The van der Waals surface area contributed by atoms with Crippen LogP contribution in [0.5, 0.6) is 0 Å². The number of carbonyl (C=O) groups is 1. The first-order valence-electron chi connectivity index (χ1n) is 36.8. The van der Waals surface area contributed by atoms with Crippen molar-refractivity contribution in [2.45, 2.75) is 344 Å². The first kappa shape index (κ1) is 84.5. The van der Waals surface area contributed by atoms with Crippen LogP contribution in [0.1, 0.15) is 271 Å². The maximum absolute atomic E-state index is 13.3. The summed E-state index contributed by atoms with van der Waals surface area (Å²) in [5, 5.41) is 87.4. The van der Waals surface area contributed by atoms with E-state index in [1.807, 2.05) is 6.08 Å². The second kappa shape index (κ2) is 61.0. The van der Waals surface area contributed by atoms with E-state index in [-0.39, 0.29) is 18.9 Å². The predicted molar refractivity (Wildman–Crippen MR) is 378 cm³/mol. The lowest BCUT2D eigenvalue weighted by molar-refractivity contribution is -0.359. The van der Waals surface area contributed by atoms with Gasteiger partial charge in [0.15, 0.2) is 12.6 Å². The maximum atomic E-state index is 13.3. The zero-order valence-corrected chi connectivity index (χ0v) is 57.5. The first-order chi connectivity index (χ1) is 45.1. The number of unbranched alkanes of at least 4 members (excludes halogenated alkanes) is 28. The van der Waals surface area contributed by atoms with Gasteiger partial charge in [0.25, 0.3) is 0 Å². The van der Waals surface area contributed by atoms with Crippen LogP contribution in [0.25, 0.3) is 0 Å². The predicted octanol–water partition coefficient (Wildman–Crippen LogP) is 15.7. The third-order valence-electron chi connectivity index (χ3n) is 17.1. The summed E-state index contributed by atoms with van der Waals surface area (Å²) in [6, 6.07) is -0.945. The summed E-state index contributed by atoms with van der Waals surface area (Å²) >= 11 is 0. The topological polar surface area (TPSA) is 228 Å². The molecule has 0 aromatic heterocycles. The Morgan fingerprint density at radius 3 is 1.20 bits per heavy atom. The molecular formula is C78H133NO13. The van der Waals surface area contributed by atoms with Crippen molar-refractivity contribution in [2.24, 2.45) is 0 Å². The summed E-state index contributed by atoms with van der Waals surface area (Å²) in [4.78, 5) is 13.3. The molecule has 0 spiro atoms. The molecule has 14 nitrogen and oxygen atoms in total. The van der Waals surface area contributed by atoms with E-state index in [9.17, 15) is 45.6 Å². The Labute approximate surface area is 558 Å². The Morgan fingerprint density at radius 2 is 0.761 bits per heavy atom. The Kier molecular flexibility index (Phi) is 56.0. The highest BCUT2D eigenvalue weighted by Crippen LogP contribution is 2.30. The molecule has 12 unspecified atom stereocenters. The van der Waals surface area contributed by atoms with Crippen molar-refractivity contribution in [3.05, 3.63) is 122 Å². The Balaban J connectivity index is 1.62. The van der Waals surface area contributed by atoms with Crippen LogP contribution in [0.3, 0.4) is 0 Å².